The summed E-state index contributed by atoms with van der Waals surface area (Å²) in [6, 6.07) is 25.9. The minimum atomic E-state index is -0.120. The van der Waals surface area contributed by atoms with Gasteiger partial charge in [-0.3, -0.25) is 9.59 Å². The number of benzene rings is 3. The zero-order valence-electron chi connectivity index (χ0n) is 23.2. The van der Waals surface area contributed by atoms with Crippen LogP contribution in [0.15, 0.2) is 85.1 Å². The van der Waals surface area contributed by atoms with Crippen molar-refractivity contribution < 1.29 is 9.59 Å². The largest absolute Gasteiger partial charge is 0.361 e. The maximum absolute atomic E-state index is 13.7. The Morgan fingerprint density at radius 1 is 0.868 bits per heavy atom. The number of nitrogens with one attached hydrogen (secondary N) is 1. The lowest BCUT2D eigenvalue weighted by Gasteiger charge is -2.30. The molecule has 0 saturated carbocycles. The molecule has 0 bridgehead atoms. The van der Waals surface area contributed by atoms with Gasteiger partial charge in [-0.05, 0) is 60.6 Å². The summed E-state index contributed by atoms with van der Waals surface area (Å²) >= 11 is 0. The molecule has 0 aliphatic rings. The van der Waals surface area contributed by atoms with E-state index < -0.39 is 0 Å². The molecule has 0 radical (unpaired) electrons. The number of amides is 2. The fourth-order valence-corrected chi connectivity index (χ4v) is 4.70. The zero-order valence-corrected chi connectivity index (χ0v) is 23.2. The highest BCUT2D eigenvalue weighted by Gasteiger charge is 2.25. The fraction of sp³-hybridized carbons (Fsp3) is 0.333. The van der Waals surface area contributed by atoms with E-state index >= 15 is 0 Å². The molecular weight excluding hydrogens is 470 g/mol. The summed E-state index contributed by atoms with van der Waals surface area (Å²) < 4.78 is 0. The molecule has 3 aromatic carbocycles. The van der Waals surface area contributed by atoms with Crippen LogP contribution in [0.2, 0.25) is 0 Å². The van der Waals surface area contributed by atoms with Crippen molar-refractivity contribution in [3.63, 3.8) is 0 Å². The van der Waals surface area contributed by atoms with Gasteiger partial charge in [-0.1, -0.05) is 81.4 Å². The first-order chi connectivity index (χ1) is 18.1. The molecular formula is C33H39N3O2. The molecule has 0 aliphatic carbocycles. The molecule has 0 aliphatic heterocycles. The summed E-state index contributed by atoms with van der Waals surface area (Å²) in [4.78, 5) is 34.1. The number of hydrogen-bond acceptors (Lipinski definition) is 2. The molecule has 0 spiro atoms. The predicted octanol–water partition coefficient (Wildman–Crippen LogP) is 6.59. The number of aromatic nitrogens is 1. The van der Waals surface area contributed by atoms with Crippen LogP contribution in [0.4, 0.5) is 0 Å². The number of carbonyl (C=O) groups is 2. The summed E-state index contributed by atoms with van der Waals surface area (Å²) in [5.41, 5.74) is 5.14. The van der Waals surface area contributed by atoms with Gasteiger partial charge < -0.3 is 14.8 Å². The maximum atomic E-state index is 13.7. The van der Waals surface area contributed by atoms with Gasteiger partial charge in [0.2, 0.25) is 5.91 Å². The summed E-state index contributed by atoms with van der Waals surface area (Å²) in [6.07, 6.45) is 2.76. The highest BCUT2D eigenvalue weighted by Crippen LogP contribution is 2.23. The SMILES string of the molecule is CC(C)N(CC(=O)N(CCc1c[nH]c2ccccc12)Cc1ccccc1)C(=O)c1ccc(C(C)(C)C)cc1. The third-order valence-corrected chi connectivity index (χ3v) is 7.08. The summed E-state index contributed by atoms with van der Waals surface area (Å²) in [5.74, 6) is -0.174. The molecule has 1 N–H and O–H groups in total. The van der Waals surface area contributed by atoms with E-state index in [1.165, 1.54) is 16.5 Å². The monoisotopic (exact) mass is 509 g/mol. The number of nitrogens with zero attached hydrogens (tertiary/aromatic N) is 2. The van der Waals surface area contributed by atoms with Crippen LogP contribution in [-0.4, -0.2) is 45.7 Å². The maximum Gasteiger partial charge on any atom is 0.254 e. The van der Waals surface area contributed by atoms with Gasteiger partial charge in [0.15, 0.2) is 0 Å². The second kappa shape index (κ2) is 11.7. The normalized spacial score (nSPS) is 11.6. The van der Waals surface area contributed by atoms with Crippen molar-refractivity contribution >= 4 is 22.7 Å². The van der Waals surface area contributed by atoms with Crippen LogP contribution in [0.25, 0.3) is 10.9 Å². The van der Waals surface area contributed by atoms with E-state index in [1.54, 1.807) is 4.90 Å². The smallest absolute Gasteiger partial charge is 0.254 e. The van der Waals surface area contributed by atoms with Crippen LogP contribution in [0.5, 0.6) is 0 Å². The minimum absolute atomic E-state index is 0.0119. The quantitative estimate of drug-likeness (QED) is 0.277. The Hall–Kier alpha value is -3.86. The lowest BCUT2D eigenvalue weighted by atomic mass is 9.86. The number of hydrogen-bond donors (Lipinski definition) is 1. The standard InChI is InChI=1S/C33H39N3O2/c1-24(2)36(32(38)26-15-17-28(18-16-26)33(3,4)5)23-31(37)35(22-25-11-7-6-8-12-25)20-19-27-21-34-30-14-10-9-13-29(27)30/h6-18,21,24,34H,19-20,22-23H2,1-5H3. The Bertz CT molecular complexity index is 1360. The third-order valence-electron chi connectivity index (χ3n) is 7.08. The average molecular weight is 510 g/mol. The molecule has 4 rings (SSSR count). The van der Waals surface area contributed by atoms with E-state index in [0.717, 1.165) is 17.5 Å². The molecule has 0 atom stereocenters. The van der Waals surface area contributed by atoms with Gasteiger partial charge in [0.1, 0.15) is 6.54 Å². The molecule has 4 aromatic rings. The Balaban J connectivity index is 1.52. The molecule has 0 saturated heterocycles. The van der Waals surface area contributed by atoms with Gasteiger partial charge in [0.25, 0.3) is 5.91 Å². The highest BCUT2D eigenvalue weighted by atomic mass is 16.2. The molecule has 1 aromatic heterocycles. The second-order valence-electron chi connectivity index (χ2n) is 11.3. The Kier molecular flexibility index (Phi) is 8.35. The van der Waals surface area contributed by atoms with Gasteiger partial charge >= 0.3 is 0 Å². The van der Waals surface area contributed by atoms with Crippen molar-refractivity contribution in [3.8, 4) is 0 Å². The van der Waals surface area contributed by atoms with Gasteiger partial charge in [0, 0.05) is 41.8 Å². The van der Waals surface area contributed by atoms with Crippen LogP contribution >= 0.6 is 0 Å². The van der Waals surface area contributed by atoms with Crippen LogP contribution in [-0.2, 0) is 23.2 Å². The minimum Gasteiger partial charge on any atom is -0.361 e. The van der Waals surface area contributed by atoms with Gasteiger partial charge in [0.05, 0.1) is 0 Å². The van der Waals surface area contributed by atoms with E-state index in [0.29, 0.717) is 18.7 Å². The van der Waals surface area contributed by atoms with Gasteiger partial charge in [-0.25, -0.2) is 0 Å². The molecule has 38 heavy (non-hydrogen) atoms. The van der Waals surface area contributed by atoms with Crippen LogP contribution < -0.4 is 0 Å². The topological polar surface area (TPSA) is 56.4 Å². The molecule has 0 fully saturated rings. The molecule has 1 heterocycles. The molecule has 5 heteroatoms. The third kappa shape index (κ3) is 6.52. The first kappa shape index (κ1) is 27.2. The second-order valence-corrected chi connectivity index (χ2v) is 11.3. The fourth-order valence-electron chi connectivity index (χ4n) is 4.70. The molecule has 5 nitrogen and oxygen atoms in total. The number of rotatable bonds is 9. The van der Waals surface area contributed by atoms with Crippen molar-refractivity contribution in [2.24, 2.45) is 0 Å². The Morgan fingerprint density at radius 3 is 2.18 bits per heavy atom. The highest BCUT2D eigenvalue weighted by molar-refractivity contribution is 5.96. The molecule has 198 valence electrons. The van der Waals surface area contributed by atoms with E-state index in [2.05, 4.69) is 37.9 Å². The number of fused-ring (bicyclic) bond motifs is 1. The van der Waals surface area contributed by atoms with Crippen molar-refractivity contribution in [2.75, 3.05) is 13.1 Å². The van der Waals surface area contributed by atoms with Crippen LogP contribution in [0.1, 0.15) is 61.7 Å². The van der Waals surface area contributed by atoms with Crippen LogP contribution in [0.3, 0.4) is 0 Å². The zero-order chi connectivity index (χ0) is 27.3. The lowest BCUT2D eigenvalue weighted by Crippen LogP contribution is -2.46. The van der Waals surface area contributed by atoms with Crippen molar-refractivity contribution in [1.29, 1.82) is 0 Å². The van der Waals surface area contributed by atoms with Crippen molar-refractivity contribution in [2.45, 2.75) is 59.0 Å². The molecule has 0 unspecified atom stereocenters. The summed E-state index contributed by atoms with van der Waals surface area (Å²) in [7, 11) is 0. The summed E-state index contributed by atoms with van der Waals surface area (Å²) in [6.45, 7) is 11.5. The molecule has 2 amide bonds. The number of para-hydroxylation sites is 1. The van der Waals surface area contributed by atoms with Crippen molar-refractivity contribution in [1.82, 2.24) is 14.8 Å². The average Bonchev–Trinajstić information content (AvgIpc) is 3.32. The van der Waals surface area contributed by atoms with E-state index in [1.807, 2.05) is 91.7 Å². The first-order valence-corrected chi connectivity index (χ1v) is 13.4. The Morgan fingerprint density at radius 2 is 1.53 bits per heavy atom. The van der Waals surface area contributed by atoms with Gasteiger partial charge in [-0.15, -0.1) is 0 Å². The van der Waals surface area contributed by atoms with E-state index in [4.69, 9.17) is 0 Å². The van der Waals surface area contributed by atoms with Crippen LogP contribution in [0, 0.1) is 0 Å². The predicted molar refractivity (Wildman–Crippen MR) is 155 cm³/mol. The lowest BCUT2D eigenvalue weighted by molar-refractivity contribution is -0.132. The number of aromatic amines is 1. The summed E-state index contributed by atoms with van der Waals surface area (Å²) in [5, 5.41) is 1.18. The number of H-pyrrole nitrogens is 1. The first-order valence-electron chi connectivity index (χ1n) is 13.4. The van der Waals surface area contributed by atoms with Gasteiger partial charge in [-0.2, -0.15) is 0 Å². The number of carbonyl (C=O) groups excluding carboxylic acids is 2. The Labute approximate surface area is 226 Å². The van der Waals surface area contributed by atoms with E-state index in [9.17, 15) is 9.59 Å². The van der Waals surface area contributed by atoms with E-state index in [-0.39, 0.29) is 29.8 Å². The van der Waals surface area contributed by atoms with Crippen molar-refractivity contribution in [3.05, 3.63) is 107 Å².